The number of fused-ring (bicyclic) bond motifs is 1. The SMILES string of the molecule is Cc1c(C)n(C)c2c(=O)n(CC(S)CS)c(=O)[nH]c12. The van der Waals surface area contributed by atoms with Crippen LogP contribution in [0.4, 0.5) is 0 Å². The van der Waals surface area contributed by atoms with E-state index >= 15 is 0 Å². The van der Waals surface area contributed by atoms with E-state index in [1.165, 1.54) is 4.57 Å². The minimum atomic E-state index is -0.396. The molecular formula is C12H17N3O2S2. The Kier molecular flexibility index (Phi) is 3.87. The van der Waals surface area contributed by atoms with Crippen LogP contribution in [0.5, 0.6) is 0 Å². The highest BCUT2D eigenvalue weighted by molar-refractivity contribution is 7.84. The van der Waals surface area contributed by atoms with Gasteiger partial charge in [-0.25, -0.2) is 4.79 Å². The molecule has 0 saturated carbocycles. The van der Waals surface area contributed by atoms with Crippen LogP contribution in [0.3, 0.4) is 0 Å². The van der Waals surface area contributed by atoms with Gasteiger partial charge in [0.05, 0.1) is 5.52 Å². The highest BCUT2D eigenvalue weighted by atomic mass is 32.1. The third-order valence-electron chi connectivity index (χ3n) is 3.52. The van der Waals surface area contributed by atoms with Crippen molar-refractivity contribution in [2.24, 2.45) is 7.05 Å². The number of aromatic amines is 1. The summed E-state index contributed by atoms with van der Waals surface area (Å²) in [6.07, 6.45) is 0. The normalized spacial score (nSPS) is 13.1. The molecule has 0 aromatic carbocycles. The van der Waals surface area contributed by atoms with Gasteiger partial charge in [-0.15, -0.1) is 0 Å². The van der Waals surface area contributed by atoms with Crippen LogP contribution in [0.1, 0.15) is 11.3 Å². The largest absolute Gasteiger partial charge is 0.342 e. The smallest absolute Gasteiger partial charge is 0.328 e. The first-order chi connectivity index (χ1) is 8.88. The summed E-state index contributed by atoms with van der Waals surface area (Å²) in [6, 6.07) is 0. The predicted octanol–water partition coefficient (Wildman–Crippen LogP) is 0.873. The van der Waals surface area contributed by atoms with Gasteiger partial charge >= 0.3 is 5.69 Å². The van der Waals surface area contributed by atoms with Crippen molar-refractivity contribution in [3.63, 3.8) is 0 Å². The molecule has 5 nitrogen and oxygen atoms in total. The van der Waals surface area contributed by atoms with Gasteiger partial charge in [0.25, 0.3) is 5.56 Å². The van der Waals surface area contributed by atoms with E-state index in [0.717, 1.165) is 11.3 Å². The zero-order chi connectivity index (χ0) is 14.3. The maximum atomic E-state index is 12.5. The Hall–Kier alpha value is -1.08. The molecule has 1 N–H and O–H groups in total. The van der Waals surface area contributed by atoms with Crippen molar-refractivity contribution in [1.29, 1.82) is 0 Å². The van der Waals surface area contributed by atoms with E-state index in [1.54, 1.807) is 0 Å². The number of thiol groups is 2. The van der Waals surface area contributed by atoms with Crippen LogP contribution in [0.2, 0.25) is 0 Å². The van der Waals surface area contributed by atoms with Crippen molar-refractivity contribution >= 4 is 36.3 Å². The molecule has 0 saturated heterocycles. The lowest BCUT2D eigenvalue weighted by Crippen LogP contribution is -2.38. The molecule has 2 heterocycles. The summed E-state index contributed by atoms with van der Waals surface area (Å²) in [4.78, 5) is 27.3. The Morgan fingerprint density at radius 3 is 2.53 bits per heavy atom. The second-order valence-corrected chi connectivity index (χ2v) is 5.77. The van der Waals surface area contributed by atoms with E-state index in [-0.39, 0.29) is 17.4 Å². The number of nitrogens with one attached hydrogen (secondary N) is 1. The van der Waals surface area contributed by atoms with Crippen molar-refractivity contribution in [1.82, 2.24) is 14.1 Å². The van der Waals surface area contributed by atoms with Crippen molar-refractivity contribution in [2.45, 2.75) is 25.6 Å². The third-order valence-corrected chi connectivity index (χ3v) is 4.60. The molecule has 19 heavy (non-hydrogen) atoms. The topological polar surface area (TPSA) is 59.8 Å². The van der Waals surface area contributed by atoms with E-state index in [2.05, 4.69) is 30.2 Å². The van der Waals surface area contributed by atoms with Gasteiger partial charge < -0.3 is 9.55 Å². The monoisotopic (exact) mass is 299 g/mol. The second kappa shape index (κ2) is 5.13. The van der Waals surface area contributed by atoms with Gasteiger partial charge in [0.15, 0.2) is 0 Å². The number of aromatic nitrogens is 3. The summed E-state index contributed by atoms with van der Waals surface area (Å²) in [5, 5.41) is -0.137. The molecule has 1 unspecified atom stereocenters. The second-order valence-electron chi connectivity index (χ2n) is 4.68. The first-order valence-corrected chi connectivity index (χ1v) is 7.11. The molecule has 0 aliphatic heterocycles. The number of nitrogens with zero attached hydrogens (tertiary/aromatic N) is 2. The summed E-state index contributed by atoms with van der Waals surface area (Å²) < 4.78 is 3.00. The van der Waals surface area contributed by atoms with Gasteiger partial charge in [-0.1, -0.05) is 0 Å². The lowest BCUT2D eigenvalue weighted by Gasteiger charge is -2.09. The van der Waals surface area contributed by atoms with Crippen molar-refractivity contribution in [3.8, 4) is 0 Å². The first kappa shape index (κ1) is 14.3. The van der Waals surface area contributed by atoms with Gasteiger partial charge in [-0.2, -0.15) is 25.3 Å². The maximum absolute atomic E-state index is 12.5. The van der Waals surface area contributed by atoms with Gasteiger partial charge in [-0.05, 0) is 19.4 Å². The van der Waals surface area contributed by atoms with Crippen molar-refractivity contribution < 1.29 is 0 Å². The van der Waals surface area contributed by atoms with Gasteiger partial charge in [0.2, 0.25) is 0 Å². The van der Waals surface area contributed by atoms with Crippen molar-refractivity contribution in [3.05, 3.63) is 32.1 Å². The third kappa shape index (κ3) is 2.25. The zero-order valence-electron chi connectivity index (χ0n) is 11.1. The fraction of sp³-hybridized carbons (Fsp3) is 0.500. The molecule has 0 spiro atoms. The van der Waals surface area contributed by atoms with E-state index in [4.69, 9.17) is 0 Å². The van der Waals surface area contributed by atoms with Gasteiger partial charge in [-0.3, -0.25) is 9.36 Å². The molecule has 0 aliphatic rings. The summed E-state index contributed by atoms with van der Waals surface area (Å²) in [7, 11) is 1.82. The van der Waals surface area contributed by atoms with Crippen LogP contribution in [0.25, 0.3) is 11.0 Å². The molecular weight excluding hydrogens is 282 g/mol. The highest BCUT2D eigenvalue weighted by Gasteiger charge is 2.17. The average molecular weight is 299 g/mol. The number of hydrogen-bond donors (Lipinski definition) is 3. The fourth-order valence-corrected chi connectivity index (χ4v) is 2.46. The van der Waals surface area contributed by atoms with Crippen LogP contribution in [-0.4, -0.2) is 25.1 Å². The predicted molar refractivity (Wildman–Crippen MR) is 83.9 cm³/mol. The minimum absolute atomic E-state index is 0.137. The first-order valence-electron chi connectivity index (χ1n) is 5.96. The lowest BCUT2D eigenvalue weighted by molar-refractivity contribution is 0.636. The number of hydrogen-bond acceptors (Lipinski definition) is 4. The van der Waals surface area contributed by atoms with E-state index < -0.39 is 5.69 Å². The zero-order valence-corrected chi connectivity index (χ0v) is 12.9. The Morgan fingerprint density at radius 2 is 1.95 bits per heavy atom. The summed E-state index contributed by atoms with van der Waals surface area (Å²) in [6.45, 7) is 4.07. The molecule has 0 aliphatic carbocycles. The van der Waals surface area contributed by atoms with Crippen LogP contribution in [-0.2, 0) is 13.6 Å². The molecule has 104 valence electrons. The Morgan fingerprint density at radius 1 is 1.32 bits per heavy atom. The number of rotatable bonds is 3. The molecule has 0 bridgehead atoms. The Bertz CT molecular complexity index is 742. The molecule has 2 aromatic heterocycles. The van der Waals surface area contributed by atoms with Gasteiger partial charge in [0, 0.05) is 30.3 Å². The van der Waals surface area contributed by atoms with Crippen LogP contribution in [0, 0.1) is 13.8 Å². The molecule has 2 aromatic rings. The van der Waals surface area contributed by atoms with E-state index in [0.29, 0.717) is 16.8 Å². The highest BCUT2D eigenvalue weighted by Crippen LogP contribution is 2.18. The lowest BCUT2D eigenvalue weighted by atomic mass is 10.2. The summed E-state index contributed by atoms with van der Waals surface area (Å²) >= 11 is 8.41. The van der Waals surface area contributed by atoms with Crippen LogP contribution in [0.15, 0.2) is 9.59 Å². The summed E-state index contributed by atoms with van der Waals surface area (Å²) in [5.41, 5.74) is 2.36. The quantitative estimate of drug-likeness (QED) is 0.737. The maximum Gasteiger partial charge on any atom is 0.328 e. The molecule has 0 fully saturated rings. The molecule has 0 radical (unpaired) electrons. The van der Waals surface area contributed by atoms with E-state index in [9.17, 15) is 9.59 Å². The van der Waals surface area contributed by atoms with Crippen LogP contribution >= 0.6 is 25.3 Å². The Labute approximate surface area is 121 Å². The van der Waals surface area contributed by atoms with Gasteiger partial charge in [0.1, 0.15) is 5.52 Å². The summed E-state index contributed by atoms with van der Waals surface area (Å²) in [5.74, 6) is 0.498. The van der Waals surface area contributed by atoms with Crippen LogP contribution < -0.4 is 11.2 Å². The van der Waals surface area contributed by atoms with E-state index in [1.807, 2.05) is 25.5 Å². The average Bonchev–Trinajstić information content (AvgIpc) is 2.59. The molecule has 0 amide bonds. The molecule has 1 atom stereocenters. The number of aryl methyl sites for hydroxylation is 2. The Balaban J connectivity index is 2.79. The fourth-order valence-electron chi connectivity index (χ4n) is 2.18. The molecule has 2 rings (SSSR count). The minimum Gasteiger partial charge on any atom is -0.342 e. The molecule has 7 heteroatoms. The number of H-pyrrole nitrogens is 1. The van der Waals surface area contributed by atoms with Crippen molar-refractivity contribution in [2.75, 3.05) is 5.75 Å². The standard InChI is InChI=1S/C12H17N3O2S2/c1-6-7(2)14(3)10-9(6)13-12(17)15(11(10)16)4-8(19)5-18/h8,18-19H,4-5H2,1-3H3,(H,13,17).